The molecule has 0 bridgehead atoms. The lowest BCUT2D eigenvalue weighted by molar-refractivity contribution is -0.159. The molecule has 0 saturated carbocycles. The summed E-state index contributed by atoms with van der Waals surface area (Å²) in [6.07, 6.45) is 2.25. The molecule has 0 unspecified atom stereocenters. The molecule has 7 heteroatoms. The van der Waals surface area contributed by atoms with Crippen LogP contribution in [-0.2, 0) is 9.53 Å². The normalized spacial score (nSPS) is 27.5. The fourth-order valence-electron chi connectivity index (χ4n) is 3.40. The summed E-state index contributed by atoms with van der Waals surface area (Å²) in [5.74, 6) is -0.376. The number of ether oxygens (including phenoxy) is 1. The number of carbonyl (C=O) groups is 2. The molecule has 7 nitrogen and oxygen atoms in total. The van der Waals surface area contributed by atoms with Crippen molar-refractivity contribution in [3.63, 3.8) is 0 Å². The van der Waals surface area contributed by atoms with Crippen molar-refractivity contribution in [2.24, 2.45) is 11.3 Å². The van der Waals surface area contributed by atoms with E-state index in [0.29, 0.717) is 36.9 Å². The molecule has 1 aromatic rings. The number of Topliss-reactive ketones (excluding diaryl/α,β-unsaturated/α-hetero) is 1. The van der Waals surface area contributed by atoms with Crippen LogP contribution in [-0.4, -0.2) is 53.1 Å². The Morgan fingerprint density at radius 2 is 2.27 bits per heavy atom. The van der Waals surface area contributed by atoms with E-state index < -0.39 is 11.4 Å². The predicted octanol–water partition coefficient (Wildman–Crippen LogP) is 0.915. The third kappa shape index (κ3) is 2.25. The molecule has 0 aliphatic carbocycles. The number of aliphatic carboxylic acids is 1. The number of aryl methyl sites for hydroxylation is 1. The third-order valence-electron chi connectivity index (χ3n) is 4.72. The van der Waals surface area contributed by atoms with Crippen molar-refractivity contribution < 1.29 is 19.4 Å². The Balaban J connectivity index is 1.89. The predicted molar refractivity (Wildman–Crippen MR) is 78.0 cm³/mol. The summed E-state index contributed by atoms with van der Waals surface area (Å²) in [6.45, 7) is 5.01. The lowest BCUT2D eigenvalue weighted by Gasteiger charge is -2.33. The lowest BCUT2D eigenvalue weighted by atomic mass is 9.76. The fourth-order valence-corrected chi connectivity index (χ4v) is 3.40. The number of rotatable bonds is 3. The van der Waals surface area contributed by atoms with Gasteiger partial charge >= 0.3 is 5.97 Å². The summed E-state index contributed by atoms with van der Waals surface area (Å²) < 4.78 is 5.41. The average Bonchev–Trinajstić information content (AvgIpc) is 2.87. The van der Waals surface area contributed by atoms with Gasteiger partial charge in [-0.3, -0.25) is 9.59 Å². The maximum atomic E-state index is 11.8. The zero-order valence-electron chi connectivity index (χ0n) is 12.7. The number of ketones is 1. The number of nitrogens with zero attached hydrogens (tertiary/aromatic N) is 3. The summed E-state index contributed by atoms with van der Waals surface area (Å²) >= 11 is 0. The Morgan fingerprint density at radius 1 is 1.50 bits per heavy atom. The second-order valence-corrected chi connectivity index (χ2v) is 6.11. The van der Waals surface area contributed by atoms with Crippen molar-refractivity contribution in [3.05, 3.63) is 17.5 Å². The second kappa shape index (κ2) is 5.31. The van der Waals surface area contributed by atoms with Crippen LogP contribution in [0, 0.1) is 18.3 Å². The van der Waals surface area contributed by atoms with Gasteiger partial charge in [-0.15, -0.1) is 0 Å². The van der Waals surface area contributed by atoms with Gasteiger partial charge in [0.2, 0.25) is 5.95 Å². The zero-order chi connectivity index (χ0) is 15.9. The number of carbonyl (C=O) groups excluding carboxylic acids is 1. The highest BCUT2D eigenvalue weighted by atomic mass is 16.5. The Bertz CT molecular complexity index is 633. The number of hydrogen-bond acceptors (Lipinski definition) is 6. The van der Waals surface area contributed by atoms with Crippen LogP contribution in [0.15, 0.2) is 6.20 Å². The van der Waals surface area contributed by atoms with Crippen molar-refractivity contribution in [1.29, 1.82) is 0 Å². The maximum absolute atomic E-state index is 11.8. The number of hydrogen-bond donors (Lipinski definition) is 1. The molecule has 118 valence electrons. The third-order valence-corrected chi connectivity index (χ3v) is 4.72. The van der Waals surface area contributed by atoms with Crippen LogP contribution in [0.4, 0.5) is 5.95 Å². The summed E-state index contributed by atoms with van der Waals surface area (Å²) in [4.78, 5) is 33.7. The minimum atomic E-state index is -0.880. The van der Waals surface area contributed by atoms with Crippen molar-refractivity contribution in [2.45, 2.75) is 20.3 Å². The highest BCUT2D eigenvalue weighted by Gasteiger charge is 2.54. The van der Waals surface area contributed by atoms with Crippen molar-refractivity contribution in [1.82, 2.24) is 9.97 Å². The number of carboxylic acid groups (broad SMARTS) is 1. The van der Waals surface area contributed by atoms with Gasteiger partial charge in [-0.2, -0.15) is 0 Å². The number of carboxylic acids is 1. The van der Waals surface area contributed by atoms with Gasteiger partial charge in [-0.25, -0.2) is 9.97 Å². The van der Waals surface area contributed by atoms with Gasteiger partial charge in [-0.05, 0) is 26.2 Å². The highest BCUT2D eigenvalue weighted by Crippen LogP contribution is 2.42. The Morgan fingerprint density at radius 3 is 2.86 bits per heavy atom. The van der Waals surface area contributed by atoms with E-state index >= 15 is 0 Å². The standard InChI is InChI=1S/C15H19N3O4/c1-9-12(10(2)19)5-16-14(17-9)18-6-11-3-4-22-8-15(11,7-18)13(20)21/h5,11H,3-4,6-8H2,1-2H3,(H,20,21)/t11-,15+/m0/s1. The van der Waals surface area contributed by atoms with E-state index in [1.54, 1.807) is 6.92 Å². The van der Waals surface area contributed by atoms with Gasteiger partial charge in [0.15, 0.2) is 5.78 Å². The monoisotopic (exact) mass is 305 g/mol. The number of anilines is 1. The highest BCUT2D eigenvalue weighted by molar-refractivity contribution is 5.94. The molecule has 2 atom stereocenters. The van der Waals surface area contributed by atoms with E-state index in [4.69, 9.17) is 4.74 Å². The number of aromatic nitrogens is 2. The van der Waals surface area contributed by atoms with Crippen molar-refractivity contribution in [3.8, 4) is 0 Å². The van der Waals surface area contributed by atoms with E-state index in [1.807, 2.05) is 4.90 Å². The molecular weight excluding hydrogens is 286 g/mol. The van der Waals surface area contributed by atoms with E-state index in [0.717, 1.165) is 6.42 Å². The minimum Gasteiger partial charge on any atom is -0.481 e. The first-order chi connectivity index (χ1) is 10.4. The zero-order valence-corrected chi connectivity index (χ0v) is 12.7. The van der Waals surface area contributed by atoms with Crippen LogP contribution in [0.2, 0.25) is 0 Å². The Hall–Kier alpha value is -2.02. The van der Waals surface area contributed by atoms with Gasteiger partial charge in [0.25, 0.3) is 0 Å². The lowest BCUT2D eigenvalue weighted by Crippen LogP contribution is -2.46. The van der Waals surface area contributed by atoms with E-state index in [1.165, 1.54) is 13.1 Å². The fraction of sp³-hybridized carbons (Fsp3) is 0.600. The van der Waals surface area contributed by atoms with Gasteiger partial charge in [0.1, 0.15) is 5.41 Å². The van der Waals surface area contributed by atoms with E-state index in [2.05, 4.69) is 9.97 Å². The van der Waals surface area contributed by atoms with Crippen molar-refractivity contribution in [2.75, 3.05) is 31.2 Å². The van der Waals surface area contributed by atoms with Gasteiger partial charge in [-0.1, -0.05) is 0 Å². The average molecular weight is 305 g/mol. The number of fused-ring (bicyclic) bond motifs is 1. The second-order valence-electron chi connectivity index (χ2n) is 6.11. The molecule has 0 aromatic carbocycles. The molecule has 2 fully saturated rings. The van der Waals surface area contributed by atoms with Crippen LogP contribution in [0.5, 0.6) is 0 Å². The molecule has 2 aliphatic rings. The van der Waals surface area contributed by atoms with Crippen LogP contribution < -0.4 is 4.90 Å². The Kier molecular flexibility index (Phi) is 3.60. The first-order valence-corrected chi connectivity index (χ1v) is 7.35. The topological polar surface area (TPSA) is 92.6 Å². The van der Waals surface area contributed by atoms with Gasteiger partial charge in [0.05, 0.1) is 17.9 Å². The van der Waals surface area contributed by atoms with Gasteiger partial charge < -0.3 is 14.7 Å². The molecule has 2 aliphatic heterocycles. The van der Waals surface area contributed by atoms with Crippen LogP contribution in [0.1, 0.15) is 29.4 Å². The maximum Gasteiger partial charge on any atom is 0.314 e. The molecule has 3 heterocycles. The first kappa shape index (κ1) is 14.9. The quantitative estimate of drug-likeness (QED) is 0.830. The van der Waals surface area contributed by atoms with Crippen molar-refractivity contribution >= 4 is 17.7 Å². The smallest absolute Gasteiger partial charge is 0.314 e. The van der Waals surface area contributed by atoms with Crippen LogP contribution in [0.3, 0.4) is 0 Å². The molecule has 2 saturated heterocycles. The summed E-state index contributed by atoms with van der Waals surface area (Å²) in [6, 6.07) is 0. The van der Waals surface area contributed by atoms with Gasteiger partial charge in [0, 0.05) is 25.9 Å². The van der Waals surface area contributed by atoms with E-state index in [9.17, 15) is 14.7 Å². The molecule has 1 N–H and O–H groups in total. The molecule has 3 rings (SSSR count). The SMILES string of the molecule is CC(=O)c1cnc(N2C[C@@H]3CCOC[C@]3(C(=O)O)C2)nc1C. The molecule has 0 spiro atoms. The molecule has 1 aromatic heterocycles. The molecular formula is C15H19N3O4. The first-order valence-electron chi connectivity index (χ1n) is 7.35. The molecule has 22 heavy (non-hydrogen) atoms. The van der Waals surface area contributed by atoms with E-state index in [-0.39, 0.29) is 18.3 Å². The summed E-state index contributed by atoms with van der Waals surface area (Å²) in [7, 11) is 0. The summed E-state index contributed by atoms with van der Waals surface area (Å²) in [5.41, 5.74) is 0.235. The summed E-state index contributed by atoms with van der Waals surface area (Å²) in [5, 5.41) is 9.64. The van der Waals surface area contributed by atoms with Crippen LogP contribution >= 0.6 is 0 Å². The molecule has 0 amide bonds. The largest absolute Gasteiger partial charge is 0.481 e. The molecule has 0 radical (unpaired) electrons. The minimum absolute atomic E-state index is 0.0372. The van der Waals surface area contributed by atoms with Crippen LogP contribution in [0.25, 0.3) is 0 Å². The Labute approximate surface area is 128 Å².